The Balaban J connectivity index is 2.09. The molecule has 1 atom stereocenters. The quantitative estimate of drug-likeness (QED) is 0.833. The molecular weight excluding hydrogens is 282 g/mol. The van der Waals surface area contributed by atoms with Gasteiger partial charge < -0.3 is 20.7 Å². The summed E-state index contributed by atoms with van der Waals surface area (Å²) in [6, 6.07) is 4.71. The lowest BCUT2D eigenvalue weighted by molar-refractivity contribution is -0.140. The van der Waals surface area contributed by atoms with E-state index in [1.54, 1.807) is 30.2 Å². The van der Waals surface area contributed by atoms with Crippen LogP contribution in [0.3, 0.4) is 0 Å². The Morgan fingerprint density at radius 3 is 2.82 bits per heavy atom. The first-order valence-electron chi connectivity index (χ1n) is 7.60. The standard InChI is InChI=1S/C16H23N3O3/c1-3-15(20)19-9-5-4-6-13(19)16(21)18-11-7-8-14(22-2)12(17)10-11/h7-8,10,13H,3-6,9,17H2,1-2H3,(H,18,21). The van der Waals surface area contributed by atoms with E-state index in [1.165, 1.54) is 0 Å². The third-order valence-electron chi connectivity index (χ3n) is 3.93. The summed E-state index contributed by atoms with van der Waals surface area (Å²) in [6.07, 6.45) is 3.02. The van der Waals surface area contributed by atoms with Gasteiger partial charge in [-0.2, -0.15) is 0 Å². The predicted molar refractivity (Wildman–Crippen MR) is 85.7 cm³/mol. The molecule has 0 spiro atoms. The molecular formula is C16H23N3O3. The van der Waals surface area contributed by atoms with Crippen LogP contribution >= 0.6 is 0 Å². The largest absolute Gasteiger partial charge is 0.495 e. The lowest BCUT2D eigenvalue weighted by atomic mass is 10.0. The Labute approximate surface area is 130 Å². The van der Waals surface area contributed by atoms with Crippen LogP contribution in [0.15, 0.2) is 18.2 Å². The van der Waals surface area contributed by atoms with Gasteiger partial charge in [0.15, 0.2) is 0 Å². The summed E-state index contributed by atoms with van der Waals surface area (Å²) in [5.74, 6) is 0.429. The van der Waals surface area contributed by atoms with E-state index in [4.69, 9.17) is 10.5 Å². The van der Waals surface area contributed by atoms with E-state index in [2.05, 4.69) is 5.32 Å². The maximum atomic E-state index is 12.5. The summed E-state index contributed by atoms with van der Waals surface area (Å²) >= 11 is 0. The van der Waals surface area contributed by atoms with Gasteiger partial charge in [0.2, 0.25) is 11.8 Å². The van der Waals surface area contributed by atoms with Crippen LogP contribution in [-0.4, -0.2) is 36.4 Å². The second kappa shape index (κ2) is 7.15. The van der Waals surface area contributed by atoms with E-state index in [9.17, 15) is 9.59 Å². The van der Waals surface area contributed by atoms with E-state index in [0.29, 0.717) is 36.5 Å². The Morgan fingerprint density at radius 2 is 2.18 bits per heavy atom. The molecule has 6 heteroatoms. The molecule has 22 heavy (non-hydrogen) atoms. The summed E-state index contributed by atoms with van der Waals surface area (Å²) in [5, 5.41) is 2.84. The molecule has 1 aliphatic heterocycles. The molecule has 0 aromatic heterocycles. The average molecular weight is 305 g/mol. The first-order chi connectivity index (χ1) is 10.6. The number of nitrogens with two attached hydrogens (primary N) is 1. The molecule has 0 aliphatic carbocycles. The number of carbonyl (C=O) groups is 2. The fourth-order valence-electron chi connectivity index (χ4n) is 2.74. The topological polar surface area (TPSA) is 84.7 Å². The Hall–Kier alpha value is -2.24. The number of likely N-dealkylation sites (tertiary alicyclic amines) is 1. The second-order valence-corrected chi connectivity index (χ2v) is 5.40. The van der Waals surface area contributed by atoms with Gasteiger partial charge in [-0.1, -0.05) is 6.92 Å². The number of methoxy groups -OCH3 is 1. The zero-order chi connectivity index (χ0) is 16.1. The van der Waals surface area contributed by atoms with E-state index in [0.717, 1.165) is 12.8 Å². The molecule has 3 N–H and O–H groups in total. The van der Waals surface area contributed by atoms with Gasteiger partial charge in [0.1, 0.15) is 11.8 Å². The van der Waals surface area contributed by atoms with Crippen LogP contribution in [0, 0.1) is 0 Å². The summed E-state index contributed by atoms with van der Waals surface area (Å²) in [6.45, 7) is 2.46. The highest BCUT2D eigenvalue weighted by atomic mass is 16.5. The Kier molecular flexibility index (Phi) is 5.25. The lowest BCUT2D eigenvalue weighted by Gasteiger charge is -2.34. The number of hydrogen-bond acceptors (Lipinski definition) is 4. The third kappa shape index (κ3) is 3.50. The zero-order valence-corrected chi connectivity index (χ0v) is 13.1. The predicted octanol–water partition coefficient (Wildman–Crippen LogP) is 2.01. The minimum Gasteiger partial charge on any atom is -0.495 e. The highest BCUT2D eigenvalue weighted by molar-refractivity contribution is 5.97. The second-order valence-electron chi connectivity index (χ2n) is 5.40. The van der Waals surface area contributed by atoms with Crippen molar-refractivity contribution in [2.45, 2.75) is 38.6 Å². The molecule has 1 aromatic carbocycles. The number of ether oxygens (including phenoxy) is 1. The van der Waals surface area contributed by atoms with Crippen LogP contribution < -0.4 is 15.8 Å². The van der Waals surface area contributed by atoms with Crippen molar-refractivity contribution in [3.05, 3.63) is 18.2 Å². The number of amides is 2. The number of nitrogen functional groups attached to an aromatic ring is 1. The number of nitrogens with one attached hydrogen (secondary N) is 1. The molecule has 120 valence electrons. The van der Waals surface area contributed by atoms with Gasteiger partial charge in [0.25, 0.3) is 0 Å². The SMILES string of the molecule is CCC(=O)N1CCCCC1C(=O)Nc1ccc(OC)c(N)c1. The summed E-state index contributed by atoms with van der Waals surface area (Å²) in [7, 11) is 1.54. The normalized spacial score (nSPS) is 17.9. The van der Waals surface area contributed by atoms with Crippen LogP contribution in [0.2, 0.25) is 0 Å². The van der Waals surface area contributed by atoms with Crippen molar-refractivity contribution in [3.8, 4) is 5.75 Å². The number of carbonyl (C=O) groups excluding carboxylic acids is 2. The van der Waals surface area contributed by atoms with Gasteiger partial charge in [-0.05, 0) is 37.5 Å². The third-order valence-corrected chi connectivity index (χ3v) is 3.93. The number of piperidine rings is 1. The molecule has 1 saturated heterocycles. The smallest absolute Gasteiger partial charge is 0.247 e. The molecule has 6 nitrogen and oxygen atoms in total. The first-order valence-corrected chi connectivity index (χ1v) is 7.60. The average Bonchev–Trinajstić information content (AvgIpc) is 2.54. The van der Waals surface area contributed by atoms with E-state index >= 15 is 0 Å². The van der Waals surface area contributed by atoms with Crippen molar-refractivity contribution in [3.63, 3.8) is 0 Å². The number of rotatable bonds is 4. The van der Waals surface area contributed by atoms with Crippen molar-refractivity contribution in [2.24, 2.45) is 0 Å². The molecule has 1 unspecified atom stereocenters. The van der Waals surface area contributed by atoms with Gasteiger partial charge in [0.05, 0.1) is 12.8 Å². The number of anilines is 2. The van der Waals surface area contributed by atoms with Crippen LogP contribution in [0.25, 0.3) is 0 Å². The van der Waals surface area contributed by atoms with E-state index in [1.807, 2.05) is 6.92 Å². The molecule has 2 rings (SSSR count). The van der Waals surface area contributed by atoms with E-state index in [-0.39, 0.29) is 11.8 Å². The molecule has 0 radical (unpaired) electrons. The first kappa shape index (κ1) is 16.1. The summed E-state index contributed by atoms with van der Waals surface area (Å²) in [4.78, 5) is 26.2. The fourth-order valence-corrected chi connectivity index (χ4v) is 2.74. The molecule has 2 amide bonds. The molecule has 1 aliphatic rings. The minimum absolute atomic E-state index is 0.0223. The Bertz CT molecular complexity index is 560. The van der Waals surface area contributed by atoms with Crippen LogP contribution in [0.4, 0.5) is 11.4 Å². The van der Waals surface area contributed by atoms with Crippen molar-refractivity contribution < 1.29 is 14.3 Å². The molecule has 1 aromatic rings. The van der Waals surface area contributed by atoms with Gasteiger partial charge in [-0.25, -0.2) is 0 Å². The van der Waals surface area contributed by atoms with E-state index < -0.39 is 6.04 Å². The molecule has 1 heterocycles. The minimum atomic E-state index is -0.399. The Morgan fingerprint density at radius 1 is 1.41 bits per heavy atom. The maximum Gasteiger partial charge on any atom is 0.247 e. The number of benzene rings is 1. The van der Waals surface area contributed by atoms with Crippen molar-refractivity contribution in [1.29, 1.82) is 0 Å². The maximum absolute atomic E-state index is 12.5. The molecule has 0 bridgehead atoms. The van der Waals surface area contributed by atoms with Crippen LogP contribution in [0.1, 0.15) is 32.6 Å². The van der Waals surface area contributed by atoms with Crippen LogP contribution in [-0.2, 0) is 9.59 Å². The van der Waals surface area contributed by atoms with Gasteiger partial charge in [0, 0.05) is 18.7 Å². The van der Waals surface area contributed by atoms with Crippen molar-refractivity contribution >= 4 is 23.2 Å². The fraction of sp³-hybridized carbons (Fsp3) is 0.500. The number of nitrogens with zero attached hydrogens (tertiary/aromatic N) is 1. The van der Waals surface area contributed by atoms with Crippen molar-refractivity contribution in [1.82, 2.24) is 4.90 Å². The monoisotopic (exact) mass is 305 g/mol. The van der Waals surface area contributed by atoms with Crippen LogP contribution in [0.5, 0.6) is 5.75 Å². The zero-order valence-electron chi connectivity index (χ0n) is 13.1. The van der Waals surface area contributed by atoms with Gasteiger partial charge in [-0.15, -0.1) is 0 Å². The lowest BCUT2D eigenvalue weighted by Crippen LogP contribution is -2.49. The number of hydrogen-bond donors (Lipinski definition) is 2. The van der Waals surface area contributed by atoms with Crippen molar-refractivity contribution in [2.75, 3.05) is 24.7 Å². The van der Waals surface area contributed by atoms with Gasteiger partial charge >= 0.3 is 0 Å². The highest BCUT2D eigenvalue weighted by Crippen LogP contribution is 2.25. The molecule has 1 fully saturated rings. The molecule has 0 saturated carbocycles. The van der Waals surface area contributed by atoms with Gasteiger partial charge in [-0.3, -0.25) is 9.59 Å². The highest BCUT2D eigenvalue weighted by Gasteiger charge is 2.31. The summed E-state index contributed by atoms with van der Waals surface area (Å²) in [5.41, 5.74) is 6.91. The summed E-state index contributed by atoms with van der Waals surface area (Å²) < 4.78 is 5.09.